The fraction of sp³-hybridized carbons (Fsp3) is 0.875. The van der Waals surface area contributed by atoms with Crippen LogP contribution in [0.15, 0.2) is 0 Å². The number of hydrogen-bond acceptors (Lipinski definition) is 4. The Morgan fingerprint density at radius 3 is 2.77 bits per heavy atom. The molecule has 13 heavy (non-hydrogen) atoms. The highest BCUT2D eigenvalue weighted by atomic mass is 35.5. The molecule has 0 bridgehead atoms. The summed E-state index contributed by atoms with van der Waals surface area (Å²) >= 11 is 0. The van der Waals surface area contributed by atoms with Crippen LogP contribution in [0.1, 0.15) is 6.42 Å². The number of nitrogens with one attached hydrogen (secondary N) is 1. The lowest BCUT2D eigenvalue weighted by Crippen LogP contribution is -2.31. The molecular formula is C8H16ClNO3. The molecule has 0 aromatic heterocycles. The van der Waals surface area contributed by atoms with Gasteiger partial charge >= 0.3 is 5.97 Å². The van der Waals surface area contributed by atoms with Crippen molar-refractivity contribution < 1.29 is 14.3 Å². The number of esters is 1. The molecule has 1 aliphatic rings. The van der Waals surface area contributed by atoms with Crippen molar-refractivity contribution in [1.29, 1.82) is 0 Å². The zero-order chi connectivity index (χ0) is 8.97. The van der Waals surface area contributed by atoms with Crippen molar-refractivity contribution in [2.75, 3.05) is 27.4 Å². The molecule has 1 N–H and O–H groups in total. The van der Waals surface area contributed by atoms with E-state index in [2.05, 4.69) is 10.1 Å². The van der Waals surface area contributed by atoms with E-state index < -0.39 is 0 Å². The normalized spacial score (nSPS) is 26.6. The van der Waals surface area contributed by atoms with Gasteiger partial charge in [-0.05, 0) is 12.3 Å². The van der Waals surface area contributed by atoms with E-state index >= 15 is 0 Å². The maximum Gasteiger partial charge on any atom is 0.322 e. The number of hydrogen-bond donors (Lipinski definition) is 1. The summed E-state index contributed by atoms with van der Waals surface area (Å²) in [6.45, 7) is 1.55. The first-order valence-electron chi connectivity index (χ1n) is 4.08. The molecule has 5 heteroatoms. The van der Waals surface area contributed by atoms with E-state index in [1.165, 1.54) is 7.11 Å². The highest BCUT2D eigenvalue weighted by molar-refractivity contribution is 5.85. The Balaban J connectivity index is 0.00000144. The lowest BCUT2D eigenvalue weighted by atomic mass is 10.1. The van der Waals surface area contributed by atoms with Gasteiger partial charge in [-0.25, -0.2) is 0 Å². The van der Waals surface area contributed by atoms with Gasteiger partial charge in [-0.3, -0.25) is 4.79 Å². The van der Waals surface area contributed by atoms with E-state index in [1.54, 1.807) is 7.11 Å². The highest BCUT2D eigenvalue weighted by Gasteiger charge is 2.29. The minimum Gasteiger partial charge on any atom is -0.468 e. The molecule has 1 fully saturated rings. The molecule has 1 rings (SSSR count). The van der Waals surface area contributed by atoms with E-state index in [4.69, 9.17) is 4.74 Å². The van der Waals surface area contributed by atoms with E-state index in [-0.39, 0.29) is 24.4 Å². The van der Waals surface area contributed by atoms with Crippen molar-refractivity contribution in [3.8, 4) is 0 Å². The molecule has 4 nitrogen and oxygen atoms in total. The summed E-state index contributed by atoms with van der Waals surface area (Å²) in [6, 6.07) is -0.129. The highest BCUT2D eigenvalue weighted by Crippen LogP contribution is 2.14. The van der Waals surface area contributed by atoms with Gasteiger partial charge in [0.05, 0.1) is 13.7 Å². The molecule has 0 aliphatic carbocycles. The third-order valence-corrected chi connectivity index (χ3v) is 2.11. The van der Waals surface area contributed by atoms with Crippen LogP contribution in [0, 0.1) is 5.92 Å². The lowest BCUT2D eigenvalue weighted by molar-refractivity contribution is -0.142. The maximum absolute atomic E-state index is 11.0. The van der Waals surface area contributed by atoms with Crippen molar-refractivity contribution in [3.63, 3.8) is 0 Å². The molecule has 1 aliphatic heterocycles. The molecule has 1 unspecified atom stereocenters. The van der Waals surface area contributed by atoms with E-state index in [1.807, 2.05) is 0 Å². The van der Waals surface area contributed by atoms with Crippen molar-refractivity contribution in [2.45, 2.75) is 12.5 Å². The molecule has 2 atom stereocenters. The second kappa shape index (κ2) is 6.18. The minimum atomic E-state index is -0.173. The predicted molar refractivity (Wildman–Crippen MR) is 51.0 cm³/mol. The van der Waals surface area contributed by atoms with Gasteiger partial charge < -0.3 is 14.8 Å². The third kappa shape index (κ3) is 3.50. The maximum atomic E-state index is 11.0. The second-order valence-electron chi connectivity index (χ2n) is 3.04. The van der Waals surface area contributed by atoms with Crippen molar-refractivity contribution >= 4 is 18.4 Å². The van der Waals surface area contributed by atoms with Crippen LogP contribution in [-0.4, -0.2) is 39.4 Å². The number of carbonyl (C=O) groups excluding carboxylic acids is 1. The van der Waals surface area contributed by atoms with Crippen LogP contribution in [-0.2, 0) is 14.3 Å². The van der Waals surface area contributed by atoms with Gasteiger partial charge in [-0.2, -0.15) is 0 Å². The largest absolute Gasteiger partial charge is 0.468 e. The molecule has 0 radical (unpaired) electrons. The van der Waals surface area contributed by atoms with Gasteiger partial charge in [0.25, 0.3) is 0 Å². The quantitative estimate of drug-likeness (QED) is 0.675. The van der Waals surface area contributed by atoms with Gasteiger partial charge in [0.15, 0.2) is 0 Å². The van der Waals surface area contributed by atoms with E-state index in [0.29, 0.717) is 12.5 Å². The van der Waals surface area contributed by atoms with Gasteiger partial charge in [-0.15, -0.1) is 12.4 Å². The second-order valence-corrected chi connectivity index (χ2v) is 3.04. The summed E-state index contributed by atoms with van der Waals surface area (Å²) in [7, 11) is 3.08. The van der Waals surface area contributed by atoms with Crippen LogP contribution in [0.4, 0.5) is 0 Å². The zero-order valence-electron chi connectivity index (χ0n) is 7.91. The summed E-state index contributed by atoms with van der Waals surface area (Å²) in [6.07, 6.45) is 0.820. The molecule has 78 valence electrons. The average molecular weight is 210 g/mol. The lowest BCUT2D eigenvalue weighted by Gasteiger charge is -2.07. The van der Waals surface area contributed by atoms with Gasteiger partial charge in [0.2, 0.25) is 0 Å². The Hall–Kier alpha value is -0.320. The standard InChI is InChI=1S/C8H15NO3.ClH/c1-11-5-6-3-7(9-4-6)8(10)12-2;/h6-7,9H,3-5H2,1-2H3;1H/t6?,7-;/m0./s1. The summed E-state index contributed by atoms with van der Waals surface area (Å²) in [5, 5.41) is 3.09. The molecule has 0 aromatic carbocycles. The average Bonchev–Trinajstić information content (AvgIpc) is 2.52. The van der Waals surface area contributed by atoms with Crippen LogP contribution >= 0.6 is 12.4 Å². The van der Waals surface area contributed by atoms with Crippen LogP contribution in [0.2, 0.25) is 0 Å². The van der Waals surface area contributed by atoms with Crippen molar-refractivity contribution in [2.24, 2.45) is 5.92 Å². The summed E-state index contributed by atoms with van der Waals surface area (Å²) < 4.78 is 9.61. The van der Waals surface area contributed by atoms with Crippen LogP contribution in [0.25, 0.3) is 0 Å². The number of ether oxygens (including phenoxy) is 2. The predicted octanol–water partition coefficient (Wildman–Crippen LogP) is 0.206. The molecule has 1 saturated heterocycles. The Bertz CT molecular complexity index is 165. The first-order valence-corrected chi connectivity index (χ1v) is 4.08. The summed E-state index contributed by atoms with van der Waals surface area (Å²) in [5.74, 6) is 0.271. The molecule has 0 aromatic rings. The third-order valence-electron chi connectivity index (χ3n) is 2.11. The fourth-order valence-electron chi connectivity index (χ4n) is 1.49. The number of methoxy groups -OCH3 is 2. The Kier molecular flexibility index (Phi) is 6.03. The summed E-state index contributed by atoms with van der Waals surface area (Å²) in [4.78, 5) is 11.0. The molecule has 0 saturated carbocycles. The van der Waals surface area contributed by atoms with Gasteiger partial charge in [0, 0.05) is 13.7 Å². The van der Waals surface area contributed by atoms with Crippen molar-refractivity contribution in [3.05, 3.63) is 0 Å². The smallest absolute Gasteiger partial charge is 0.322 e. The fourth-order valence-corrected chi connectivity index (χ4v) is 1.49. The van der Waals surface area contributed by atoms with E-state index in [0.717, 1.165) is 13.0 Å². The zero-order valence-corrected chi connectivity index (χ0v) is 8.73. The van der Waals surface area contributed by atoms with E-state index in [9.17, 15) is 4.79 Å². The Morgan fingerprint density at radius 1 is 1.54 bits per heavy atom. The number of halogens is 1. The van der Waals surface area contributed by atoms with Crippen molar-refractivity contribution in [1.82, 2.24) is 5.32 Å². The van der Waals surface area contributed by atoms with Crippen LogP contribution < -0.4 is 5.32 Å². The monoisotopic (exact) mass is 209 g/mol. The SMILES string of the molecule is COCC1CN[C@H](C(=O)OC)C1.Cl. The first-order chi connectivity index (χ1) is 5.77. The van der Waals surface area contributed by atoms with Gasteiger partial charge in [-0.1, -0.05) is 0 Å². The molecular weight excluding hydrogens is 194 g/mol. The number of rotatable bonds is 3. The van der Waals surface area contributed by atoms with Crippen LogP contribution in [0.3, 0.4) is 0 Å². The minimum absolute atomic E-state index is 0. The molecule has 0 amide bonds. The van der Waals surface area contributed by atoms with Crippen LogP contribution in [0.5, 0.6) is 0 Å². The van der Waals surface area contributed by atoms with Gasteiger partial charge in [0.1, 0.15) is 6.04 Å². The Morgan fingerprint density at radius 2 is 2.23 bits per heavy atom. The first kappa shape index (κ1) is 12.7. The number of carbonyl (C=O) groups is 1. The Labute approximate surface area is 84.4 Å². The molecule has 1 heterocycles. The topological polar surface area (TPSA) is 47.6 Å². The summed E-state index contributed by atoms with van der Waals surface area (Å²) in [5.41, 5.74) is 0. The molecule has 0 spiro atoms.